The molecule has 38 heavy (non-hydrogen) atoms. The SMILES string of the molecule is CCc1sc(C(=O)N[C@@H](Cc2ccc(F)c(F)c2)CN2C(=O)c3ccccc3C2=O)cc1-c1c[nH]nc1Cl. The minimum atomic E-state index is -1.03. The molecule has 1 atom stereocenters. The molecule has 1 aliphatic heterocycles. The molecule has 2 aromatic carbocycles. The van der Waals surface area contributed by atoms with Crippen molar-refractivity contribution in [2.45, 2.75) is 25.8 Å². The molecule has 4 aromatic rings. The number of hydrogen-bond acceptors (Lipinski definition) is 5. The molecule has 7 nitrogen and oxygen atoms in total. The van der Waals surface area contributed by atoms with Crippen LogP contribution in [0.1, 0.15) is 47.8 Å². The van der Waals surface area contributed by atoms with Gasteiger partial charge in [-0.05, 0) is 48.7 Å². The number of carbonyl (C=O) groups excluding carboxylic acids is 3. The zero-order valence-corrected chi connectivity index (χ0v) is 21.6. The van der Waals surface area contributed by atoms with E-state index in [1.54, 1.807) is 36.5 Å². The van der Waals surface area contributed by atoms with Gasteiger partial charge in [0.15, 0.2) is 16.8 Å². The molecule has 0 spiro atoms. The van der Waals surface area contributed by atoms with Gasteiger partial charge in [-0.3, -0.25) is 24.4 Å². The first-order valence-corrected chi connectivity index (χ1v) is 13.0. The third-order valence-corrected chi connectivity index (χ3v) is 7.89. The smallest absolute Gasteiger partial charge is 0.261 e. The van der Waals surface area contributed by atoms with Crippen LogP contribution in [0.2, 0.25) is 5.15 Å². The van der Waals surface area contributed by atoms with Crippen molar-refractivity contribution in [3.05, 3.63) is 98.0 Å². The summed E-state index contributed by atoms with van der Waals surface area (Å²) < 4.78 is 27.4. The molecule has 0 bridgehead atoms. The first-order chi connectivity index (χ1) is 18.3. The van der Waals surface area contributed by atoms with E-state index < -0.39 is 35.4 Å². The molecule has 0 aliphatic carbocycles. The third kappa shape index (κ3) is 4.84. The lowest BCUT2D eigenvalue weighted by atomic mass is 10.0. The Bertz CT molecular complexity index is 1530. The fourth-order valence-corrected chi connectivity index (χ4v) is 5.71. The minimum absolute atomic E-state index is 0.0583. The van der Waals surface area contributed by atoms with Gasteiger partial charge in [0.25, 0.3) is 17.7 Å². The predicted octanol–water partition coefficient (Wildman–Crippen LogP) is 5.27. The van der Waals surface area contributed by atoms with Gasteiger partial charge in [0.05, 0.1) is 22.0 Å². The molecule has 5 rings (SSSR count). The number of rotatable bonds is 8. The fourth-order valence-electron chi connectivity index (χ4n) is 4.49. The second-order valence-electron chi connectivity index (χ2n) is 8.78. The second kappa shape index (κ2) is 10.5. The normalized spacial score (nSPS) is 13.6. The molecule has 0 saturated carbocycles. The van der Waals surface area contributed by atoms with E-state index >= 15 is 0 Å². The van der Waals surface area contributed by atoms with Crippen LogP contribution in [-0.4, -0.2) is 45.4 Å². The molecule has 0 saturated heterocycles. The number of aromatic amines is 1. The van der Waals surface area contributed by atoms with E-state index in [4.69, 9.17) is 11.6 Å². The molecule has 194 valence electrons. The Hall–Kier alpha value is -3.89. The predicted molar refractivity (Wildman–Crippen MR) is 139 cm³/mol. The number of nitrogens with zero attached hydrogens (tertiary/aromatic N) is 2. The van der Waals surface area contributed by atoms with Crippen molar-refractivity contribution in [1.82, 2.24) is 20.4 Å². The molecule has 0 radical (unpaired) electrons. The highest BCUT2D eigenvalue weighted by Crippen LogP contribution is 2.35. The van der Waals surface area contributed by atoms with Crippen molar-refractivity contribution in [2.75, 3.05) is 6.54 Å². The summed E-state index contributed by atoms with van der Waals surface area (Å²) in [5, 5.41) is 9.82. The van der Waals surface area contributed by atoms with E-state index in [9.17, 15) is 23.2 Å². The standard InChI is InChI=1S/C27H21ClF2N4O3S/c1-2-22-18(19-12-31-33-24(19)28)11-23(38-22)25(35)32-15(9-14-7-8-20(29)21(30)10-14)13-34-26(36)16-5-3-4-6-17(16)27(34)37/h3-8,10-12,15H,2,9,13H2,1H3,(H,31,33)(H,32,35)/t15-/m0/s1. The van der Waals surface area contributed by atoms with Crippen molar-refractivity contribution < 1.29 is 23.2 Å². The van der Waals surface area contributed by atoms with Crippen LogP contribution in [0.3, 0.4) is 0 Å². The summed E-state index contributed by atoms with van der Waals surface area (Å²) in [5.74, 6) is -3.40. The summed E-state index contributed by atoms with van der Waals surface area (Å²) >= 11 is 7.48. The second-order valence-corrected chi connectivity index (χ2v) is 10.3. The lowest BCUT2D eigenvalue weighted by Gasteiger charge is -2.24. The molecule has 1 aliphatic rings. The number of nitrogens with one attached hydrogen (secondary N) is 2. The van der Waals surface area contributed by atoms with E-state index in [1.165, 1.54) is 17.4 Å². The Morgan fingerprint density at radius 3 is 2.37 bits per heavy atom. The van der Waals surface area contributed by atoms with Gasteiger partial charge in [-0.25, -0.2) is 8.78 Å². The van der Waals surface area contributed by atoms with Gasteiger partial charge < -0.3 is 5.32 Å². The van der Waals surface area contributed by atoms with E-state index in [1.807, 2.05) is 6.92 Å². The molecular weight excluding hydrogens is 534 g/mol. The first kappa shape index (κ1) is 25.7. The number of carbonyl (C=O) groups is 3. The topological polar surface area (TPSA) is 95.2 Å². The van der Waals surface area contributed by atoms with Gasteiger partial charge in [0.2, 0.25) is 0 Å². The lowest BCUT2D eigenvalue weighted by molar-refractivity contribution is 0.0629. The highest BCUT2D eigenvalue weighted by Gasteiger charge is 2.37. The zero-order chi connectivity index (χ0) is 27.0. The number of aromatic nitrogens is 2. The Labute approximate surface area is 225 Å². The summed E-state index contributed by atoms with van der Waals surface area (Å²) in [6.07, 6.45) is 2.37. The van der Waals surface area contributed by atoms with E-state index in [-0.39, 0.29) is 29.2 Å². The van der Waals surface area contributed by atoms with Crippen molar-refractivity contribution in [2.24, 2.45) is 0 Å². The van der Waals surface area contributed by atoms with Crippen molar-refractivity contribution in [1.29, 1.82) is 0 Å². The maximum absolute atomic E-state index is 13.9. The van der Waals surface area contributed by atoms with Crippen LogP contribution < -0.4 is 5.32 Å². The highest BCUT2D eigenvalue weighted by atomic mass is 35.5. The van der Waals surface area contributed by atoms with Gasteiger partial charge in [-0.2, -0.15) is 5.10 Å². The number of fused-ring (bicyclic) bond motifs is 1. The van der Waals surface area contributed by atoms with Gasteiger partial charge in [0, 0.05) is 28.7 Å². The molecule has 0 unspecified atom stereocenters. The highest BCUT2D eigenvalue weighted by molar-refractivity contribution is 7.14. The van der Waals surface area contributed by atoms with E-state index in [0.717, 1.165) is 27.5 Å². The van der Waals surface area contributed by atoms with Crippen molar-refractivity contribution in [3.63, 3.8) is 0 Å². The van der Waals surface area contributed by atoms with Crippen LogP contribution in [0.4, 0.5) is 8.78 Å². The summed E-state index contributed by atoms with van der Waals surface area (Å²) in [7, 11) is 0. The molecule has 11 heteroatoms. The van der Waals surface area contributed by atoms with Gasteiger partial charge in [0.1, 0.15) is 0 Å². The average molecular weight is 555 g/mol. The van der Waals surface area contributed by atoms with Gasteiger partial charge >= 0.3 is 0 Å². The summed E-state index contributed by atoms with van der Waals surface area (Å²) in [5.41, 5.74) is 2.41. The van der Waals surface area contributed by atoms with Gasteiger partial charge in [-0.15, -0.1) is 11.3 Å². The Morgan fingerprint density at radius 1 is 1.05 bits per heavy atom. The molecule has 3 heterocycles. The molecular formula is C27H21ClF2N4O3S. The number of benzene rings is 2. The summed E-state index contributed by atoms with van der Waals surface area (Å²) in [6.45, 7) is 1.81. The lowest BCUT2D eigenvalue weighted by Crippen LogP contribution is -2.46. The number of aryl methyl sites for hydroxylation is 1. The summed E-state index contributed by atoms with van der Waals surface area (Å²) in [6, 6.07) is 10.8. The largest absolute Gasteiger partial charge is 0.346 e. The third-order valence-electron chi connectivity index (χ3n) is 6.32. The van der Waals surface area contributed by atoms with Crippen molar-refractivity contribution >= 4 is 40.7 Å². The first-order valence-electron chi connectivity index (χ1n) is 11.8. The molecule has 2 aromatic heterocycles. The van der Waals surface area contributed by atoms with Crippen molar-refractivity contribution in [3.8, 4) is 11.1 Å². The Morgan fingerprint density at radius 2 is 1.76 bits per heavy atom. The number of hydrogen-bond donors (Lipinski definition) is 2. The van der Waals surface area contributed by atoms with Crippen LogP contribution in [-0.2, 0) is 12.8 Å². The van der Waals surface area contributed by atoms with Crippen LogP contribution in [0.15, 0.2) is 54.7 Å². The maximum atomic E-state index is 13.9. The van der Waals surface area contributed by atoms with Crippen LogP contribution in [0, 0.1) is 11.6 Å². The number of thiophene rings is 1. The number of halogens is 3. The summed E-state index contributed by atoms with van der Waals surface area (Å²) in [4.78, 5) is 41.7. The number of imide groups is 1. The number of H-pyrrole nitrogens is 1. The molecule has 2 N–H and O–H groups in total. The number of amides is 3. The molecule has 0 fully saturated rings. The monoisotopic (exact) mass is 554 g/mol. The Kier molecular flexibility index (Phi) is 7.09. The van der Waals surface area contributed by atoms with Crippen LogP contribution >= 0.6 is 22.9 Å². The average Bonchev–Trinajstić information content (AvgIpc) is 3.59. The quantitative estimate of drug-likeness (QED) is 0.290. The van der Waals surface area contributed by atoms with E-state index in [2.05, 4.69) is 15.5 Å². The van der Waals surface area contributed by atoms with Gasteiger partial charge in [-0.1, -0.05) is 36.7 Å². The fraction of sp³-hybridized carbons (Fsp3) is 0.185. The zero-order valence-electron chi connectivity index (χ0n) is 20.1. The van der Waals surface area contributed by atoms with Crippen LogP contribution in [0.25, 0.3) is 11.1 Å². The molecule has 3 amide bonds. The van der Waals surface area contributed by atoms with Crippen LogP contribution in [0.5, 0.6) is 0 Å². The Balaban J connectivity index is 1.43. The van der Waals surface area contributed by atoms with E-state index in [0.29, 0.717) is 22.4 Å². The maximum Gasteiger partial charge on any atom is 0.261 e. The minimum Gasteiger partial charge on any atom is -0.346 e.